The van der Waals surface area contributed by atoms with Gasteiger partial charge in [0, 0.05) is 6.42 Å². The third-order valence-corrected chi connectivity index (χ3v) is 9.74. The maximum Gasteiger partial charge on any atom is 0.303 e. The fourth-order valence-corrected chi connectivity index (χ4v) is 8.45. The minimum absolute atomic E-state index is 0.343. The Morgan fingerprint density at radius 1 is 0.667 bits per heavy atom. The van der Waals surface area contributed by atoms with Gasteiger partial charge in [-0.05, 0) is 6.42 Å². The number of hydrogen-bond donors (Lipinski definition) is 1. The van der Waals surface area contributed by atoms with Crippen LogP contribution in [0.1, 0.15) is 113 Å². The highest BCUT2D eigenvalue weighted by atomic mass is 27.2. The van der Waals surface area contributed by atoms with Crippen LogP contribution in [0.5, 0.6) is 0 Å². The number of rotatable bonds is 16. The molecule has 0 aliphatic rings. The zero-order chi connectivity index (χ0) is 21.1. The van der Waals surface area contributed by atoms with Crippen molar-refractivity contribution in [3.8, 4) is 0 Å². The van der Waals surface area contributed by atoms with E-state index in [-0.39, 0.29) is 0 Å². The standard InChI is InChI=1S/C12H24O2.3C4H9.Al/c1-2-3-4-5-6-7-8-9-10-11-12(13)14;3*1-4(2)3;/h2-11H2,1H3,(H,13,14);3*4H,1H2,2-3H3;. The molecule has 0 amide bonds. The van der Waals surface area contributed by atoms with Gasteiger partial charge in [0.2, 0.25) is 0 Å². The van der Waals surface area contributed by atoms with Crippen LogP contribution in [0.25, 0.3) is 0 Å². The molecular weight excluding hydrogens is 347 g/mol. The molecule has 0 saturated carbocycles. The summed E-state index contributed by atoms with van der Waals surface area (Å²) < 4.78 is 0. The quantitative estimate of drug-likeness (QED) is 0.209. The molecule has 0 aromatic heterocycles. The molecule has 2 nitrogen and oxygen atoms in total. The van der Waals surface area contributed by atoms with Crippen molar-refractivity contribution in [3.05, 3.63) is 0 Å². The second kappa shape index (κ2) is 20.7. The Morgan fingerprint density at radius 3 is 1.30 bits per heavy atom. The summed E-state index contributed by atoms with van der Waals surface area (Å²) in [6.45, 7) is 16.5. The Balaban J connectivity index is 0. The van der Waals surface area contributed by atoms with Gasteiger partial charge in [0.1, 0.15) is 0 Å². The molecule has 0 saturated heterocycles. The summed E-state index contributed by atoms with van der Waals surface area (Å²) in [7, 11) is 0. The lowest BCUT2D eigenvalue weighted by atomic mass is 10.1. The highest BCUT2D eigenvalue weighted by Gasteiger charge is 2.20. The maximum absolute atomic E-state index is 10.2. The zero-order valence-corrected chi connectivity index (χ0v) is 21.0. The van der Waals surface area contributed by atoms with E-state index in [1.807, 2.05) is 0 Å². The van der Waals surface area contributed by atoms with Crippen LogP contribution in [0.15, 0.2) is 0 Å². The molecule has 0 atom stereocenters. The Hall–Kier alpha value is 0.00247. The van der Waals surface area contributed by atoms with E-state index < -0.39 is 20.1 Å². The SMILES string of the molecule is CC(C)[CH2][Al]([CH2]C(C)C)[CH2]C(C)C.CCCCCCCCCCCC(=O)O. The van der Waals surface area contributed by atoms with Gasteiger partial charge in [-0.25, -0.2) is 0 Å². The van der Waals surface area contributed by atoms with Crippen molar-refractivity contribution < 1.29 is 9.90 Å². The minimum Gasteiger partial charge on any atom is -0.481 e. The van der Waals surface area contributed by atoms with E-state index in [2.05, 4.69) is 48.5 Å². The van der Waals surface area contributed by atoms with Crippen molar-refractivity contribution in [3.63, 3.8) is 0 Å². The van der Waals surface area contributed by atoms with E-state index in [9.17, 15) is 4.79 Å². The largest absolute Gasteiger partial charge is 0.481 e. The van der Waals surface area contributed by atoms with Gasteiger partial charge < -0.3 is 5.11 Å². The number of carbonyl (C=O) groups is 1. The monoisotopic (exact) mass is 398 g/mol. The van der Waals surface area contributed by atoms with Crippen molar-refractivity contribution in [2.45, 2.75) is 129 Å². The number of hydrogen-bond acceptors (Lipinski definition) is 1. The van der Waals surface area contributed by atoms with Crippen LogP contribution in [0, 0.1) is 17.8 Å². The number of unbranched alkanes of at least 4 members (excludes halogenated alkanes) is 8. The van der Waals surface area contributed by atoms with Crippen LogP contribution < -0.4 is 0 Å². The number of carboxylic acid groups (broad SMARTS) is 1. The molecule has 162 valence electrons. The van der Waals surface area contributed by atoms with Crippen molar-refractivity contribution in [2.24, 2.45) is 17.8 Å². The van der Waals surface area contributed by atoms with Crippen LogP contribution >= 0.6 is 0 Å². The first-order valence-corrected chi connectivity index (χ1v) is 14.4. The van der Waals surface area contributed by atoms with Gasteiger partial charge in [0.25, 0.3) is 14.1 Å². The van der Waals surface area contributed by atoms with Gasteiger partial charge in [-0.2, -0.15) is 0 Å². The van der Waals surface area contributed by atoms with Crippen molar-refractivity contribution in [1.82, 2.24) is 0 Å². The number of aliphatic carboxylic acids is 1. The molecule has 0 unspecified atom stereocenters. The highest BCUT2D eigenvalue weighted by molar-refractivity contribution is 6.58. The van der Waals surface area contributed by atoms with Crippen LogP contribution in [-0.2, 0) is 4.79 Å². The van der Waals surface area contributed by atoms with Gasteiger partial charge >= 0.3 is 5.97 Å². The molecule has 27 heavy (non-hydrogen) atoms. The average molecular weight is 399 g/mol. The minimum atomic E-state index is -0.659. The normalized spacial score (nSPS) is 11.0. The Labute approximate surface area is 176 Å². The molecule has 0 spiro atoms. The first-order valence-electron chi connectivity index (χ1n) is 11.9. The molecule has 0 aromatic carbocycles. The smallest absolute Gasteiger partial charge is 0.303 e. The van der Waals surface area contributed by atoms with Crippen molar-refractivity contribution >= 4 is 20.1 Å². The molecule has 3 heteroatoms. The molecule has 0 radical (unpaired) electrons. The first-order chi connectivity index (χ1) is 12.7. The molecule has 0 aliphatic carbocycles. The van der Waals surface area contributed by atoms with E-state index in [4.69, 9.17) is 5.11 Å². The molecule has 0 bridgehead atoms. The van der Waals surface area contributed by atoms with Gasteiger partial charge in [-0.1, -0.05) is 133 Å². The van der Waals surface area contributed by atoms with E-state index in [1.165, 1.54) is 44.9 Å². The second-order valence-electron chi connectivity index (χ2n) is 9.73. The van der Waals surface area contributed by atoms with E-state index in [0.29, 0.717) is 6.42 Å². The van der Waals surface area contributed by atoms with Crippen molar-refractivity contribution in [2.75, 3.05) is 0 Å². The molecule has 0 rings (SSSR count). The molecule has 0 aromatic rings. The lowest BCUT2D eigenvalue weighted by Crippen LogP contribution is -2.19. The predicted octanol–water partition coefficient (Wildman–Crippen LogP) is 8.44. The lowest BCUT2D eigenvalue weighted by Gasteiger charge is -2.17. The van der Waals surface area contributed by atoms with Crippen LogP contribution in [-0.4, -0.2) is 25.2 Å². The second-order valence-corrected chi connectivity index (χ2v) is 12.9. The molecule has 1 N–H and O–H groups in total. The van der Waals surface area contributed by atoms with Crippen LogP contribution in [0.3, 0.4) is 0 Å². The van der Waals surface area contributed by atoms with Gasteiger partial charge in [-0.3, -0.25) is 4.79 Å². The summed E-state index contributed by atoms with van der Waals surface area (Å²) in [6.07, 6.45) is 11.5. The summed E-state index contributed by atoms with van der Waals surface area (Å²) in [4.78, 5) is 10.2. The lowest BCUT2D eigenvalue weighted by molar-refractivity contribution is -0.137. The van der Waals surface area contributed by atoms with Crippen LogP contribution in [0.2, 0.25) is 15.8 Å². The molecular formula is C24H51AlO2. The van der Waals surface area contributed by atoms with E-state index in [1.54, 1.807) is 15.8 Å². The Kier molecular flexibility index (Phi) is 22.4. The van der Waals surface area contributed by atoms with Crippen LogP contribution in [0.4, 0.5) is 0 Å². The van der Waals surface area contributed by atoms with Gasteiger partial charge in [-0.15, -0.1) is 0 Å². The average Bonchev–Trinajstić information content (AvgIpc) is 2.51. The summed E-state index contributed by atoms with van der Waals surface area (Å²) in [5.41, 5.74) is 0. The Morgan fingerprint density at radius 2 is 1.00 bits per heavy atom. The molecule has 0 fully saturated rings. The third kappa shape index (κ3) is 28.3. The first kappa shape index (κ1) is 29.2. The maximum atomic E-state index is 10.2. The highest BCUT2D eigenvalue weighted by Crippen LogP contribution is 2.21. The fourth-order valence-electron chi connectivity index (χ4n) is 3.88. The summed E-state index contributed by atoms with van der Waals surface area (Å²) >= 11 is -0.407. The topological polar surface area (TPSA) is 37.3 Å². The summed E-state index contributed by atoms with van der Waals surface area (Å²) in [6, 6.07) is 0. The predicted molar refractivity (Wildman–Crippen MR) is 124 cm³/mol. The molecule has 0 aliphatic heterocycles. The van der Waals surface area contributed by atoms with E-state index in [0.717, 1.165) is 30.6 Å². The third-order valence-electron chi connectivity index (χ3n) is 4.91. The van der Waals surface area contributed by atoms with Gasteiger partial charge in [0.05, 0.1) is 0 Å². The van der Waals surface area contributed by atoms with Crippen molar-refractivity contribution in [1.29, 1.82) is 0 Å². The summed E-state index contributed by atoms with van der Waals surface area (Å²) in [5.74, 6) is 2.12. The zero-order valence-electron chi connectivity index (χ0n) is 19.9. The van der Waals surface area contributed by atoms with E-state index >= 15 is 0 Å². The van der Waals surface area contributed by atoms with Gasteiger partial charge in [0.15, 0.2) is 0 Å². The molecule has 0 heterocycles. The summed E-state index contributed by atoms with van der Waals surface area (Å²) in [5, 5.41) is 13.1. The number of carboxylic acids is 1. The fraction of sp³-hybridized carbons (Fsp3) is 0.958. The Bertz CT molecular complexity index is 290.